The van der Waals surface area contributed by atoms with Crippen molar-refractivity contribution in [2.75, 3.05) is 26.4 Å². The summed E-state index contributed by atoms with van der Waals surface area (Å²) < 4.78 is 32.2. The van der Waals surface area contributed by atoms with E-state index in [0.717, 1.165) is 12.2 Å². The first kappa shape index (κ1) is 36.9. The molecule has 3 aromatic rings. The largest absolute Gasteiger partial charge is 0.494 e. The van der Waals surface area contributed by atoms with Crippen molar-refractivity contribution in [3.8, 4) is 23.0 Å². The molecule has 3 aromatic carbocycles. The summed E-state index contributed by atoms with van der Waals surface area (Å²) in [6, 6.07) is 17.8. The van der Waals surface area contributed by atoms with Gasteiger partial charge in [-0.2, -0.15) is 0 Å². The molecule has 0 bridgehead atoms. The van der Waals surface area contributed by atoms with Crippen molar-refractivity contribution in [2.45, 2.75) is 32.6 Å². The van der Waals surface area contributed by atoms with E-state index in [0.29, 0.717) is 91.8 Å². The van der Waals surface area contributed by atoms with Crippen molar-refractivity contribution in [1.82, 2.24) is 0 Å². The molecule has 0 saturated carbocycles. The summed E-state index contributed by atoms with van der Waals surface area (Å²) >= 11 is 0. The van der Waals surface area contributed by atoms with Crippen LogP contribution in [0.1, 0.15) is 52.0 Å². The van der Waals surface area contributed by atoms with Crippen LogP contribution in [0.5, 0.6) is 23.0 Å². The molecule has 0 heterocycles. The minimum Gasteiger partial charge on any atom is -0.494 e. The van der Waals surface area contributed by atoms with Crippen LogP contribution in [0.3, 0.4) is 0 Å². The van der Waals surface area contributed by atoms with Crippen LogP contribution < -0.4 is 18.9 Å². The lowest BCUT2D eigenvalue weighted by Gasteiger charge is -2.11. The molecule has 0 amide bonds. The molecule has 3 radical (unpaired) electrons. The molecule has 0 aliphatic carbocycles. The molecule has 10 nitrogen and oxygen atoms in total. The van der Waals surface area contributed by atoms with Gasteiger partial charge in [0, 0.05) is 20.6 Å². The number of hydrogen-bond donors (Lipinski definition) is 0. The maximum Gasteiger partial charge on any atom is 0.343 e. The zero-order valence-corrected chi connectivity index (χ0v) is 25.7. The van der Waals surface area contributed by atoms with E-state index in [1.165, 1.54) is 0 Å². The second kappa shape index (κ2) is 19.9. The van der Waals surface area contributed by atoms with Gasteiger partial charge >= 0.3 is 23.9 Å². The van der Waals surface area contributed by atoms with Crippen LogP contribution in [0.15, 0.2) is 92.0 Å². The van der Waals surface area contributed by atoms with Crippen LogP contribution in [0.2, 0.25) is 0 Å². The number of carbonyl (C=O) groups is 4. The second-order valence-electron chi connectivity index (χ2n) is 9.61. The SMILES string of the molecule is C=CC(=O)OCCCCOc1ccc(C(=O)Oc2ccc(OC(=O)c3ccc(OCCCCOC(=O)C=C)cc3)c(C)c2)cc1.[B]. The lowest BCUT2D eigenvalue weighted by molar-refractivity contribution is -0.138. The van der Waals surface area contributed by atoms with Crippen molar-refractivity contribution in [2.24, 2.45) is 0 Å². The Balaban J connectivity index is 0.00000736. The first-order valence-electron chi connectivity index (χ1n) is 14.4. The number of hydrogen-bond acceptors (Lipinski definition) is 10. The van der Waals surface area contributed by atoms with Gasteiger partial charge in [0.1, 0.15) is 23.0 Å². The molecule has 0 fully saturated rings. The van der Waals surface area contributed by atoms with Gasteiger partial charge in [0.25, 0.3) is 0 Å². The molecule has 239 valence electrons. The molecule has 3 rings (SSSR count). The number of ether oxygens (including phenoxy) is 6. The first-order chi connectivity index (χ1) is 21.8. The minimum absolute atomic E-state index is 0. The first-order valence-corrected chi connectivity index (χ1v) is 14.4. The summed E-state index contributed by atoms with van der Waals surface area (Å²) in [5.74, 6) is -0.166. The maximum atomic E-state index is 12.7. The van der Waals surface area contributed by atoms with E-state index in [-0.39, 0.29) is 8.41 Å². The summed E-state index contributed by atoms with van der Waals surface area (Å²) in [6.45, 7) is 9.89. The Kier molecular flexibility index (Phi) is 15.9. The summed E-state index contributed by atoms with van der Waals surface area (Å²) in [5.41, 5.74) is 1.29. The molecule has 0 aliphatic heterocycles. The quantitative estimate of drug-likeness (QED) is 0.0560. The number of carbonyl (C=O) groups excluding carboxylic acids is 4. The third kappa shape index (κ3) is 12.7. The number of aryl methyl sites for hydroxylation is 1. The van der Waals surface area contributed by atoms with Gasteiger partial charge in [-0.1, -0.05) is 13.2 Å². The van der Waals surface area contributed by atoms with Crippen molar-refractivity contribution in [1.29, 1.82) is 0 Å². The van der Waals surface area contributed by atoms with E-state index in [2.05, 4.69) is 13.2 Å². The summed E-state index contributed by atoms with van der Waals surface area (Å²) in [7, 11) is 0. The van der Waals surface area contributed by atoms with Crippen molar-refractivity contribution >= 4 is 32.3 Å². The fraction of sp³-hybridized carbons (Fsp3) is 0.257. The molecule has 0 spiro atoms. The van der Waals surface area contributed by atoms with E-state index in [9.17, 15) is 19.2 Å². The lowest BCUT2D eigenvalue weighted by atomic mass is 10.2. The average Bonchev–Trinajstić information content (AvgIpc) is 3.05. The maximum absolute atomic E-state index is 12.7. The van der Waals surface area contributed by atoms with Crippen molar-refractivity contribution in [3.63, 3.8) is 0 Å². The van der Waals surface area contributed by atoms with Gasteiger partial charge in [0.2, 0.25) is 0 Å². The van der Waals surface area contributed by atoms with Gasteiger partial charge in [0.15, 0.2) is 0 Å². The molecule has 0 N–H and O–H groups in total. The highest BCUT2D eigenvalue weighted by atomic mass is 16.5. The zero-order chi connectivity index (χ0) is 32.4. The van der Waals surface area contributed by atoms with E-state index < -0.39 is 23.9 Å². The normalized spacial score (nSPS) is 10.0. The van der Waals surface area contributed by atoms with Crippen LogP contribution in [-0.2, 0) is 19.1 Å². The highest BCUT2D eigenvalue weighted by molar-refractivity contribution is 5.92. The smallest absolute Gasteiger partial charge is 0.343 e. The van der Waals surface area contributed by atoms with Gasteiger partial charge < -0.3 is 28.4 Å². The standard InChI is InChI=1S/C35H36O10.B/c1-4-32(36)42-22-8-6-20-40-28-14-10-26(11-15-28)34(38)44-30-18-19-31(25(3)24-30)45-35(39)27-12-16-29(17-13-27)41-21-7-9-23-43-33(37)5-2;/h4-5,10-19,24H,1-2,6-9,20-23H2,3H3;. The second-order valence-corrected chi connectivity index (χ2v) is 9.61. The molecule has 0 aromatic heterocycles. The number of rotatable bonds is 18. The average molecular weight is 627 g/mol. The van der Waals surface area contributed by atoms with Crippen LogP contribution in [0.25, 0.3) is 0 Å². The van der Waals surface area contributed by atoms with Crippen LogP contribution in [-0.4, -0.2) is 58.7 Å². The van der Waals surface area contributed by atoms with E-state index in [1.54, 1.807) is 73.7 Å². The Bertz CT molecular complexity index is 1470. The third-order valence-electron chi connectivity index (χ3n) is 6.18. The predicted octanol–water partition coefficient (Wildman–Crippen LogP) is 5.83. The van der Waals surface area contributed by atoms with Gasteiger partial charge in [-0.3, -0.25) is 0 Å². The summed E-state index contributed by atoms with van der Waals surface area (Å²) in [5, 5.41) is 0. The van der Waals surface area contributed by atoms with E-state index in [4.69, 9.17) is 28.4 Å². The Hall–Kier alpha value is -5.32. The van der Waals surface area contributed by atoms with Gasteiger partial charge in [-0.05, 0) is 105 Å². The Labute approximate surface area is 270 Å². The lowest BCUT2D eigenvalue weighted by Crippen LogP contribution is -2.11. The van der Waals surface area contributed by atoms with Gasteiger partial charge in [-0.25, -0.2) is 19.2 Å². The summed E-state index contributed by atoms with van der Waals surface area (Å²) in [6.07, 6.45) is 4.95. The fourth-order valence-corrected chi connectivity index (χ4v) is 3.75. The minimum atomic E-state index is -0.548. The molecular weight excluding hydrogens is 591 g/mol. The molecule has 0 aliphatic rings. The van der Waals surface area contributed by atoms with Crippen molar-refractivity contribution < 1.29 is 47.6 Å². The number of unbranched alkanes of at least 4 members (excludes halogenated alkanes) is 2. The van der Waals surface area contributed by atoms with E-state index >= 15 is 0 Å². The Morgan fingerprint density at radius 1 is 0.587 bits per heavy atom. The van der Waals surface area contributed by atoms with Crippen molar-refractivity contribution in [3.05, 3.63) is 109 Å². The highest BCUT2D eigenvalue weighted by Gasteiger charge is 2.14. The van der Waals surface area contributed by atoms with Crippen LogP contribution in [0, 0.1) is 6.92 Å². The molecule has 11 heteroatoms. The predicted molar refractivity (Wildman–Crippen MR) is 172 cm³/mol. The molecular formula is C35H36BO10. The number of esters is 4. The van der Waals surface area contributed by atoms with Crippen LogP contribution >= 0.6 is 0 Å². The molecule has 46 heavy (non-hydrogen) atoms. The molecule has 0 atom stereocenters. The fourth-order valence-electron chi connectivity index (χ4n) is 3.75. The van der Waals surface area contributed by atoms with Gasteiger partial charge in [0.05, 0.1) is 37.6 Å². The Morgan fingerprint density at radius 3 is 1.43 bits per heavy atom. The van der Waals surface area contributed by atoms with Crippen LogP contribution in [0.4, 0.5) is 0 Å². The van der Waals surface area contributed by atoms with Gasteiger partial charge in [-0.15, -0.1) is 0 Å². The number of benzene rings is 3. The van der Waals surface area contributed by atoms with E-state index in [1.807, 2.05) is 0 Å². The highest BCUT2D eigenvalue weighted by Crippen LogP contribution is 2.26. The topological polar surface area (TPSA) is 124 Å². The Morgan fingerprint density at radius 2 is 1.00 bits per heavy atom. The molecule has 0 unspecified atom stereocenters. The molecule has 0 saturated heterocycles. The monoisotopic (exact) mass is 627 g/mol. The summed E-state index contributed by atoms with van der Waals surface area (Å²) in [4.78, 5) is 47.4. The third-order valence-corrected chi connectivity index (χ3v) is 6.18. The zero-order valence-electron chi connectivity index (χ0n) is 25.7.